The molecular weight excluding hydrogens is 355 g/mol. The Hall–Kier alpha value is -1.88. The number of morpholine rings is 1. The van der Waals surface area contributed by atoms with Gasteiger partial charge in [0.25, 0.3) is 0 Å². The maximum Gasteiger partial charge on any atom is 0.442 e. The van der Waals surface area contributed by atoms with Crippen LogP contribution in [0.4, 0.5) is 24.7 Å². The van der Waals surface area contributed by atoms with Gasteiger partial charge in [-0.05, 0) is 25.8 Å². The van der Waals surface area contributed by atoms with Crippen molar-refractivity contribution < 1.29 is 22.8 Å². The van der Waals surface area contributed by atoms with E-state index in [1.54, 1.807) is 4.90 Å². The number of anilines is 1. The molecule has 146 valence electrons. The first kappa shape index (κ1) is 18.9. The Morgan fingerprint density at radius 1 is 1.35 bits per heavy atom. The van der Waals surface area contributed by atoms with E-state index in [0.29, 0.717) is 32.2 Å². The van der Waals surface area contributed by atoms with Gasteiger partial charge in [0.2, 0.25) is 11.5 Å². The molecule has 1 aromatic rings. The van der Waals surface area contributed by atoms with Crippen molar-refractivity contribution in [1.82, 2.24) is 14.7 Å². The highest BCUT2D eigenvalue weighted by Crippen LogP contribution is 2.42. The molecule has 26 heavy (non-hydrogen) atoms. The topological polar surface area (TPSA) is 76.7 Å². The van der Waals surface area contributed by atoms with E-state index in [4.69, 9.17) is 4.74 Å². The van der Waals surface area contributed by atoms with Gasteiger partial charge in [0, 0.05) is 33.2 Å². The summed E-state index contributed by atoms with van der Waals surface area (Å²) in [5.74, 6) is 0.228. The van der Waals surface area contributed by atoms with E-state index >= 15 is 0 Å². The maximum absolute atomic E-state index is 13.2. The Bertz CT molecular complexity index is 674. The second-order valence-electron chi connectivity index (χ2n) is 7.00. The molecule has 0 radical (unpaired) electrons. The van der Waals surface area contributed by atoms with Crippen LogP contribution in [-0.4, -0.2) is 65.5 Å². The average molecular weight is 377 g/mol. The lowest BCUT2D eigenvalue weighted by Crippen LogP contribution is -2.47. The maximum atomic E-state index is 13.2. The van der Waals surface area contributed by atoms with Crippen LogP contribution in [0.1, 0.15) is 18.5 Å². The molecule has 0 amide bonds. The summed E-state index contributed by atoms with van der Waals surface area (Å²) < 4.78 is 46.3. The molecule has 2 aliphatic rings. The van der Waals surface area contributed by atoms with E-state index in [1.807, 2.05) is 7.05 Å². The van der Waals surface area contributed by atoms with E-state index in [1.165, 1.54) is 7.05 Å². The third-order valence-electron chi connectivity index (χ3n) is 4.68. The van der Waals surface area contributed by atoms with Gasteiger partial charge < -0.3 is 14.5 Å². The second-order valence-corrected chi connectivity index (χ2v) is 7.00. The van der Waals surface area contributed by atoms with Crippen LogP contribution >= 0.6 is 0 Å². The first-order chi connectivity index (χ1) is 12.2. The molecule has 1 saturated heterocycles. The highest BCUT2D eigenvalue weighted by atomic mass is 19.4. The van der Waals surface area contributed by atoms with E-state index in [9.17, 15) is 23.3 Å². The van der Waals surface area contributed by atoms with Gasteiger partial charge in [-0.25, -0.2) is 4.68 Å². The summed E-state index contributed by atoms with van der Waals surface area (Å²) in [6.45, 7) is 2.68. The van der Waals surface area contributed by atoms with Gasteiger partial charge in [0.1, 0.15) is 0 Å². The highest BCUT2D eigenvalue weighted by molar-refractivity contribution is 5.62. The molecule has 0 N–H and O–H groups in total. The summed E-state index contributed by atoms with van der Waals surface area (Å²) in [5.41, 5.74) is -2.44. The van der Waals surface area contributed by atoms with Gasteiger partial charge in [0.05, 0.1) is 17.6 Å². The second kappa shape index (κ2) is 7.03. The van der Waals surface area contributed by atoms with Gasteiger partial charge in [0.15, 0.2) is 0 Å². The van der Waals surface area contributed by atoms with Gasteiger partial charge in [-0.15, -0.1) is 0 Å². The number of nitrogens with zero attached hydrogens (tertiary/aromatic N) is 5. The minimum absolute atomic E-state index is 0.106. The molecule has 0 spiro atoms. The number of aromatic nitrogens is 2. The summed E-state index contributed by atoms with van der Waals surface area (Å²) in [4.78, 5) is 14.2. The Kier molecular flexibility index (Phi) is 5.11. The van der Waals surface area contributed by atoms with Gasteiger partial charge >= 0.3 is 11.9 Å². The van der Waals surface area contributed by atoms with Crippen LogP contribution in [0.25, 0.3) is 0 Å². The fraction of sp³-hybridized carbons (Fsp3) is 0.800. The summed E-state index contributed by atoms with van der Waals surface area (Å²) in [6.07, 6.45) is -3.17. The van der Waals surface area contributed by atoms with E-state index < -0.39 is 22.5 Å². The summed E-state index contributed by atoms with van der Waals surface area (Å²) >= 11 is 0. The molecule has 2 heterocycles. The molecule has 1 aromatic heterocycles. The number of rotatable bonds is 6. The zero-order chi connectivity index (χ0) is 19.1. The van der Waals surface area contributed by atoms with Crippen molar-refractivity contribution in [3.8, 4) is 0 Å². The first-order valence-corrected chi connectivity index (χ1v) is 8.50. The summed E-state index contributed by atoms with van der Waals surface area (Å²) in [7, 11) is 3.25. The highest BCUT2D eigenvalue weighted by Gasteiger charge is 2.46. The van der Waals surface area contributed by atoms with Gasteiger partial charge in [-0.1, -0.05) is 0 Å². The van der Waals surface area contributed by atoms with Gasteiger partial charge in [-0.2, -0.15) is 18.3 Å². The van der Waals surface area contributed by atoms with Crippen molar-refractivity contribution >= 4 is 11.5 Å². The molecule has 0 bridgehead atoms. The lowest BCUT2D eigenvalue weighted by molar-refractivity contribution is -0.387. The van der Waals surface area contributed by atoms with Crippen molar-refractivity contribution in [1.29, 1.82) is 0 Å². The Morgan fingerprint density at radius 2 is 2.04 bits per heavy atom. The zero-order valence-corrected chi connectivity index (χ0v) is 14.7. The lowest BCUT2D eigenvalue weighted by Gasteiger charge is -2.34. The molecule has 1 saturated carbocycles. The Balaban J connectivity index is 1.95. The van der Waals surface area contributed by atoms with Crippen LogP contribution in [0.2, 0.25) is 0 Å². The van der Waals surface area contributed by atoms with E-state index in [2.05, 4.69) is 10.00 Å². The molecule has 11 heteroatoms. The van der Waals surface area contributed by atoms with Crippen molar-refractivity contribution in [2.75, 3.05) is 44.7 Å². The van der Waals surface area contributed by atoms with Crippen LogP contribution in [0.5, 0.6) is 0 Å². The molecule has 3 rings (SSSR count). The number of aryl methyl sites for hydroxylation is 1. The molecule has 0 aromatic carbocycles. The molecule has 8 nitrogen and oxygen atoms in total. The molecular formula is C15H22F3N5O3. The number of alkyl halides is 3. The van der Waals surface area contributed by atoms with Crippen molar-refractivity contribution in [3.05, 3.63) is 15.8 Å². The van der Waals surface area contributed by atoms with E-state index in [0.717, 1.165) is 24.1 Å². The number of hydrogen-bond acceptors (Lipinski definition) is 6. The fourth-order valence-electron chi connectivity index (χ4n) is 3.30. The molecule has 1 unspecified atom stereocenters. The lowest BCUT2D eigenvalue weighted by atomic mass is 10.2. The molecule has 1 atom stereocenters. The van der Waals surface area contributed by atoms with Gasteiger partial charge in [-0.3, -0.25) is 10.1 Å². The van der Waals surface area contributed by atoms with Crippen LogP contribution in [0, 0.1) is 16.0 Å². The standard InChI is InChI=1S/C15H22F3N5O3/c1-20-5-6-26-11(8-20)9-22(7-10-3-4-10)14-12(23(24)25)13(15(16,17)18)19-21(14)2/h10-11H,3-9H2,1-2H3. The van der Waals surface area contributed by atoms with E-state index in [-0.39, 0.29) is 11.9 Å². The zero-order valence-electron chi connectivity index (χ0n) is 14.7. The van der Waals surface area contributed by atoms with Crippen LogP contribution in [-0.2, 0) is 18.0 Å². The van der Waals surface area contributed by atoms with Crippen LogP contribution < -0.4 is 4.90 Å². The SMILES string of the molecule is CN1CCOC(CN(CC2CC2)c2c([N+](=O)[O-])c(C(F)(F)F)nn2C)C1. The number of halogens is 3. The Morgan fingerprint density at radius 3 is 2.58 bits per heavy atom. The third kappa shape index (κ3) is 4.09. The predicted molar refractivity (Wildman–Crippen MR) is 87.0 cm³/mol. The number of hydrogen-bond donors (Lipinski definition) is 0. The number of nitro groups is 1. The Labute approximate surface area is 148 Å². The van der Waals surface area contributed by atoms with Crippen molar-refractivity contribution in [3.63, 3.8) is 0 Å². The quantitative estimate of drug-likeness (QED) is 0.557. The minimum atomic E-state index is -4.88. The fourth-order valence-corrected chi connectivity index (χ4v) is 3.30. The van der Waals surface area contributed by atoms with Crippen molar-refractivity contribution in [2.45, 2.75) is 25.1 Å². The average Bonchev–Trinajstić information content (AvgIpc) is 3.25. The molecule has 2 fully saturated rings. The normalized spacial score (nSPS) is 21.8. The van der Waals surface area contributed by atoms with Crippen LogP contribution in [0.3, 0.4) is 0 Å². The third-order valence-corrected chi connectivity index (χ3v) is 4.68. The summed E-state index contributed by atoms with van der Waals surface area (Å²) in [5, 5.41) is 14.9. The largest absolute Gasteiger partial charge is 0.442 e. The molecule has 1 aliphatic heterocycles. The minimum Gasteiger partial charge on any atom is -0.374 e. The monoisotopic (exact) mass is 377 g/mol. The first-order valence-electron chi connectivity index (χ1n) is 8.50. The smallest absolute Gasteiger partial charge is 0.374 e. The van der Waals surface area contributed by atoms with Crippen LogP contribution in [0.15, 0.2) is 0 Å². The number of likely N-dealkylation sites (N-methyl/N-ethyl adjacent to an activating group) is 1. The van der Waals surface area contributed by atoms with Crippen molar-refractivity contribution in [2.24, 2.45) is 13.0 Å². The molecule has 1 aliphatic carbocycles. The predicted octanol–water partition coefficient (Wildman–Crippen LogP) is 1.89. The number of ether oxygens (including phenoxy) is 1. The summed E-state index contributed by atoms with van der Waals surface area (Å²) in [6, 6.07) is 0.